The number of hydrogen-bond acceptors (Lipinski definition) is 4. The molecular formula is C28H20N2O4. The number of amides is 4. The molecule has 0 unspecified atom stereocenters. The van der Waals surface area contributed by atoms with Crippen LogP contribution in [0.4, 0.5) is 11.4 Å². The molecule has 0 aromatic heterocycles. The van der Waals surface area contributed by atoms with Crippen molar-refractivity contribution in [2.75, 3.05) is 9.80 Å². The second kappa shape index (κ2) is 8.75. The molecule has 0 atom stereocenters. The Balaban J connectivity index is 1.34. The molecule has 34 heavy (non-hydrogen) atoms. The lowest BCUT2D eigenvalue weighted by Crippen LogP contribution is -2.28. The average molecular weight is 448 g/mol. The predicted molar refractivity (Wildman–Crippen MR) is 129 cm³/mol. The Kier molecular flexibility index (Phi) is 5.47. The van der Waals surface area contributed by atoms with Crippen LogP contribution in [0.15, 0.2) is 96.1 Å². The molecule has 5 rings (SSSR count). The summed E-state index contributed by atoms with van der Waals surface area (Å²) in [6.07, 6.45) is 3.51. The lowest BCUT2D eigenvalue weighted by molar-refractivity contribution is -0.122. The van der Waals surface area contributed by atoms with E-state index < -0.39 is 0 Å². The van der Waals surface area contributed by atoms with Crippen molar-refractivity contribution < 1.29 is 19.2 Å². The molecule has 0 aliphatic carbocycles. The molecule has 2 heterocycles. The zero-order chi connectivity index (χ0) is 23.7. The Morgan fingerprint density at radius 3 is 1.21 bits per heavy atom. The predicted octanol–water partition coefficient (Wildman–Crippen LogP) is 4.38. The number of benzene rings is 3. The third-order valence-electron chi connectivity index (χ3n) is 5.78. The van der Waals surface area contributed by atoms with Crippen molar-refractivity contribution in [3.63, 3.8) is 0 Å². The smallest absolute Gasteiger partial charge is 0.261 e. The molecule has 166 valence electrons. The molecular weight excluding hydrogens is 428 g/mol. The van der Waals surface area contributed by atoms with Crippen LogP contribution in [0.5, 0.6) is 0 Å². The van der Waals surface area contributed by atoms with E-state index in [1.54, 1.807) is 60.7 Å². The fourth-order valence-electron chi connectivity index (χ4n) is 4.14. The number of nitrogens with zero attached hydrogens (tertiary/aromatic N) is 2. The standard InChI is InChI=1S/C28H20N2O4/c31-25-17-21(27(33)29(25)23-7-3-1-4-8-23)15-19-11-13-20(14-12-19)16-22-18-26(32)30(28(22)34)24-9-5-2-6-10-24/h1-16H,17-18H2/b21-15+,22-16+. The zero-order valence-corrected chi connectivity index (χ0v) is 18.2. The fourth-order valence-corrected chi connectivity index (χ4v) is 4.14. The van der Waals surface area contributed by atoms with Crippen molar-refractivity contribution in [1.29, 1.82) is 0 Å². The van der Waals surface area contributed by atoms with Gasteiger partial charge in [0.2, 0.25) is 11.8 Å². The topological polar surface area (TPSA) is 74.8 Å². The first-order chi connectivity index (χ1) is 16.5. The maximum absolute atomic E-state index is 12.8. The molecule has 0 spiro atoms. The van der Waals surface area contributed by atoms with Crippen LogP contribution in [-0.4, -0.2) is 23.6 Å². The van der Waals surface area contributed by atoms with E-state index in [1.165, 1.54) is 9.80 Å². The van der Waals surface area contributed by atoms with Gasteiger partial charge in [-0.3, -0.25) is 19.2 Å². The third kappa shape index (κ3) is 3.97. The minimum Gasteiger partial charge on any atom is -0.274 e. The maximum Gasteiger partial charge on any atom is 0.261 e. The van der Waals surface area contributed by atoms with Gasteiger partial charge in [0.05, 0.1) is 24.2 Å². The van der Waals surface area contributed by atoms with Crippen LogP contribution in [0.1, 0.15) is 24.0 Å². The van der Waals surface area contributed by atoms with Gasteiger partial charge in [-0.25, -0.2) is 9.80 Å². The molecule has 2 aliphatic rings. The summed E-state index contributed by atoms with van der Waals surface area (Å²) in [7, 11) is 0. The summed E-state index contributed by atoms with van der Waals surface area (Å²) in [5.74, 6) is -1.15. The Morgan fingerprint density at radius 1 is 0.500 bits per heavy atom. The van der Waals surface area contributed by atoms with Crippen molar-refractivity contribution in [3.05, 3.63) is 107 Å². The zero-order valence-electron chi connectivity index (χ0n) is 18.2. The second-order valence-corrected chi connectivity index (χ2v) is 8.10. The van der Waals surface area contributed by atoms with Crippen LogP contribution >= 0.6 is 0 Å². The molecule has 3 aromatic rings. The number of anilines is 2. The van der Waals surface area contributed by atoms with Gasteiger partial charge in [0.25, 0.3) is 11.8 Å². The second-order valence-electron chi connectivity index (χ2n) is 8.10. The van der Waals surface area contributed by atoms with E-state index >= 15 is 0 Å². The summed E-state index contributed by atoms with van der Waals surface area (Å²) in [4.78, 5) is 52.8. The number of carbonyl (C=O) groups is 4. The van der Waals surface area contributed by atoms with Gasteiger partial charge in [-0.15, -0.1) is 0 Å². The first kappa shape index (κ1) is 21.3. The van der Waals surface area contributed by atoms with Crippen molar-refractivity contribution in [2.24, 2.45) is 0 Å². The van der Waals surface area contributed by atoms with Crippen LogP contribution in [0, 0.1) is 0 Å². The van der Waals surface area contributed by atoms with Gasteiger partial charge >= 0.3 is 0 Å². The van der Waals surface area contributed by atoms with Gasteiger partial charge in [-0.1, -0.05) is 60.7 Å². The first-order valence-electron chi connectivity index (χ1n) is 10.9. The van der Waals surface area contributed by atoms with Crippen molar-refractivity contribution in [1.82, 2.24) is 0 Å². The molecule has 0 radical (unpaired) electrons. The third-order valence-corrected chi connectivity index (χ3v) is 5.78. The average Bonchev–Trinajstić information content (AvgIpc) is 3.29. The maximum atomic E-state index is 12.8. The van der Waals surface area contributed by atoms with Gasteiger partial charge in [0.1, 0.15) is 0 Å². The summed E-state index contributed by atoms with van der Waals surface area (Å²) >= 11 is 0. The minimum absolute atomic E-state index is 0.0471. The van der Waals surface area contributed by atoms with Gasteiger partial charge < -0.3 is 0 Å². The summed E-state index contributed by atoms with van der Waals surface area (Å²) in [5.41, 5.74) is 3.51. The van der Waals surface area contributed by atoms with Gasteiger partial charge in [0, 0.05) is 11.1 Å². The molecule has 2 fully saturated rings. The number of hydrogen-bond donors (Lipinski definition) is 0. The molecule has 2 saturated heterocycles. The molecule has 6 heteroatoms. The Bertz CT molecular complexity index is 1250. The highest BCUT2D eigenvalue weighted by Crippen LogP contribution is 2.29. The normalized spacial score (nSPS) is 18.6. The molecule has 6 nitrogen and oxygen atoms in total. The van der Waals surface area contributed by atoms with Crippen LogP contribution in [0.2, 0.25) is 0 Å². The van der Waals surface area contributed by atoms with E-state index in [0.29, 0.717) is 22.5 Å². The quantitative estimate of drug-likeness (QED) is 0.439. The summed E-state index contributed by atoms with van der Waals surface area (Å²) in [6, 6.07) is 25.0. The highest BCUT2D eigenvalue weighted by molar-refractivity contribution is 6.30. The van der Waals surface area contributed by atoms with Crippen LogP contribution in [0.3, 0.4) is 0 Å². The van der Waals surface area contributed by atoms with Crippen LogP contribution in [0.25, 0.3) is 12.2 Å². The monoisotopic (exact) mass is 448 g/mol. The largest absolute Gasteiger partial charge is 0.274 e. The first-order valence-corrected chi connectivity index (χ1v) is 10.9. The molecule has 3 aromatic carbocycles. The van der Waals surface area contributed by atoms with E-state index in [0.717, 1.165) is 11.1 Å². The number of imide groups is 2. The van der Waals surface area contributed by atoms with E-state index in [-0.39, 0.29) is 36.5 Å². The summed E-state index contributed by atoms with van der Waals surface area (Å²) in [5, 5.41) is 0. The Hall–Kier alpha value is -4.58. The van der Waals surface area contributed by atoms with Gasteiger partial charge in [0.15, 0.2) is 0 Å². The minimum atomic E-state index is -0.321. The van der Waals surface area contributed by atoms with E-state index in [2.05, 4.69) is 0 Å². The SMILES string of the molecule is O=C1C/C(=C\c2ccc(/C=C3\CC(=O)N(c4ccccc4)C3=O)cc2)C(=O)N1c1ccccc1. The van der Waals surface area contributed by atoms with Crippen molar-refractivity contribution in [3.8, 4) is 0 Å². The summed E-state index contributed by atoms with van der Waals surface area (Å²) in [6.45, 7) is 0. The Morgan fingerprint density at radius 2 is 0.853 bits per heavy atom. The van der Waals surface area contributed by atoms with Gasteiger partial charge in [-0.2, -0.15) is 0 Å². The molecule has 0 bridgehead atoms. The molecule has 2 aliphatic heterocycles. The number of rotatable bonds is 4. The summed E-state index contributed by atoms with van der Waals surface area (Å²) < 4.78 is 0. The number of para-hydroxylation sites is 2. The number of carbonyl (C=O) groups excluding carboxylic acids is 4. The van der Waals surface area contributed by atoms with Crippen LogP contribution in [-0.2, 0) is 19.2 Å². The van der Waals surface area contributed by atoms with E-state index in [4.69, 9.17) is 0 Å². The molecule has 4 amide bonds. The van der Waals surface area contributed by atoms with Crippen molar-refractivity contribution >= 4 is 47.2 Å². The lowest BCUT2D eigenvalue weighted by atomic mass is 10.1. The molecule has 0 saturated carbocycles. The fraction of sp³-hybridized carbons (Fsp3) is 0.0714. The van der Waals surface area contributed by atoms with Gasteiger partial charge in [-0.05, 0) is 47.5 Å². The highest BCUT2D eigenvalue weighted by Gasteiger charge is 2.35. The van der Waals surface area contributed by atoms with E-state index in [9.17, 15) is 19.2 Å². The lowest BCUT2D eigenvalue weighted by Gasteiger charge is -2.12. The highest BCUT2D eigenvalue weighted by atomic mass is 16.2. The Labute approximate surface area is 196 Å². The van der Waals surface area contributed by atoms with E-state index in [1.807, 2.05) is 36.4 Å². The molecule has 0 N–H and O–H groups in total. The van der Waals surface area contributed by atoms with Crippen molar-refractivity contribution in [2.45, 2.75) is 12.8 Å². The van der Waals surface area contributed by atoms with Crippen LogP contribution < -0.4 is 9.80 Å².